The molecule has 6 rings (SSSR count). The number of anilines is 1. The Morgan fingerprint density at radius 1 is 0.852 bits per heavy atom. The van der Waals surface area contributed by atoms with Crippen molar-refractivity contribution in [1.82, 2.24) is 0 Å². The molecule has 2 aromatic carbocycles. The minimum absolute atomic E-state index is 0.289. The second-order valence-electron chi connectivity index (χ2n) is 8.81. The second kappa shape index (κ2) is 6.06. The van der Waals surface area contributed by atoms with Gasteiger partial charge in [0.25, 0.3) is 10.0 Å². The third-order valence-corrected chi connectivity index (χ3v) is 8.33. The largest absolute Gasteiger partial charge is 0.280 e. The van der Waals surface area contributed by atoms with Crippen molar-refractivity contribution in [1.29, 1.82) is 0 Å². The number of benzene rings is 2. The van der Waals surface area contributed by atoms with Gasteiger partial charge in [0.15, 0.2) is 0 Å². The summed E-state index contributed by atoms with van der Waals surface area (Å²) in [4.78, 5) is -0.324. The van der Waals surface area contributed by atoms with Gasteiger partial charge >= 0.3 is 0 Å². The third-order valence-electron chi connectivity index (χ3n) is 6.91. The van der Waals surface area contributed by atoms with Gasteiger partial charge in [-0.2, -0.15) is 0 Å². The lowest BCUT2D eigenvalue weighted by Crippen LogP contribution is -2.48. The van der Waals surface area contributed by atoms with Crippen molar-refractivity contribution in [2.45, 2.75) is 48.8 Å². The van der Waals surface area contributed by atoms with Gasteiger partial charge in [-0.3, -0.25) is 4.72 Å². The van der Waals surface area contributed by atoms with Crippen molar-refractivity contribution in [3.63, 3.8) is 0 Å². The summed E-state index contributed by atoms with van der Waals surface area (Å²) in [7, 11) is -3.93. The zero-order chi connectivity index (χ0) is 18.6. The van der Waals surface area contributed by atoms with Crippen LogP contribution in [-0.2, 0) is 15.4 Å². The maximum Gasteiger partial charge on any atom is 0.264 e. The fourth-order valence-electron chi connectivity index (χ4n) is 6.23. The quantitative estimate of drug-likeness (QED) is 0.796. The van der Waals surface area contributed by atoms with Crippen LogP contribution in [0.3, 0.4) is 0 Å². The summed E-state index contributed by atoms with van der Waals surface area (Å²) in [5.74, 6) is 1.87. The molecule has 2 aromatic rings. The van der Waals surface area contributed by atoms with Crippen molar-refractivity contribution in [2.24, 2.45) is 17.8 Å². The van der Waals surface area contributed by atoms with Crippen molar-refractivity contribution < 1.29 is 12.8 Å². The second-order valence-corrected chi connectivity index (χ2v) is 10.5. The van der Waals surface area contributed by atoms with Crippen molar-refractivity contribution >= 4 is 15.7 Å². The Hall–Kier alpha value is -1.88. The van der Waals surface area contributed by atoms with E-state index in [1.54, 1.807) is 0 Å². The van der Waals surface area contributed by atoms with Gasteiger partial charge in [0.1, 0.15) is 10.7 Å². The van der Waals surface area contributed by atoms with Crippen LogP contribution in [0.15, 0.2) is 53.4 Å². The summed E-state index contributed by atoms with van der Waals surface area (Å²) in [6.07, 6.45) is 8.04. The highest BCUT2D eigenvalue weighted by Crippen LogP contribution is 2.60. The summed E-state index contributed by atoms with van der Waals surface area (Å²) in [6, 6.07) is 13.2. The van der Waals surface area contributed by atoms with E-state index in [0.29, 0.717) is 5.69 Å². The standard InChI is InChI=1S/C22H24FNO2S/c23-20-3-1-2-4-21(20)27(25,26)24-19-7-5-18(6-8-19)22-12-15-9-16(13-22)11-17(10-15)14-22/h1-8,15-17,24H,9-14H2. The highest BCUT2D eigenvalue weighted by atomic mass is 32.2. The van der Waals surface area contributed by atoms with Gasteiger partial charge in [0, 0.05) is 5.69 Å². The Morgan fingerprint density at radius 2 is 1.41 bits per heavy atom. The van der Waals surface area contributed by atoms with E-state index in [9.17, 15) is 12.8 Å². The van der Waals surface area contributed by atoms with Crippen molar-refractivity contribution in [2.75, 3.05) is 4.72 Å². The molecule has 1 N–H and O–H groups in total. The number of sulfonamides is 1. The van der Waals surface area contributed by atoms with E-state index in [0.717, 1.165) is 23.8 Å². The van der Waals surface area contributed by atoms with Gasteiger partial charge in [-0.1, -0.05) is 24.3 Å². The van der Waals surface area contributed by atoms with Crippen LogP contribution in [0, 0.1) is 23.6 Å². The number of halogens is 1. The van der Waals surface area contributed by atoms with E-state index in [1.807, 2.05) is 12.1 Å². The summed E-state index contributed by atoms with van der Waals surface area (Å²) in [5, 5.41) is 0. The molecule has 3 nitrogen and oxygen atoms in total. The molecule has 4 aliphatic carbocycles. The van der Waals surface area contributed by atoms with Crippen LogP contribution in [0.2, 0.25) is 0 Å². The fraction of sp³-hybridized carbons (Fsp3) is 0.455. The Labute approximate surface area is 160 Å². The summed E-state index contributed by atoms with van der Waals surface area (Å²) >= 11 is 0. The molecular formula is C22H24FNO2S. The van der Waals surface area contributed by atoms with Crippen molar-refractivity contribution in [3.05, 3.63) is 59.9 Å². The first-order chi connectivity index (χ1) is 12.9. The molecule has 0 saturated heterocycles. The molecule has 0 atom stereocenters. The highest BCUT2D eigenvalue weighted by Gasteiger charge is 2.51. The number of rotatable bonds is 4. The zero-order valence-electron chi connectivity index (χ0n) is 15.2. The molecule has 5 heteroatoms. The first kappa shape index (κ1) is 17.2. The molecule has 4 aliphatic rings. The predicted molar refractivity (Wildman–Crippen MR) is 104 cm³/mol. The zero-order valence-corrected chi connectivity index (χ0v) is 16.0. The molecule has 4 saturated carbocycles. The van der Waals surface area contributed by atoms with Crippen LogP contribution in [0.25, 0.3) is 0 Å². The first-order valence-corrected chi connectivity index (χ1v) is 11.3. The summed E-state index contributed by atoms with van der Waals surface area (Å²) < 4.78 is 41.3. The maximum atomic E-state index is 13.9. The Bertz CT molecular complexity index is 933. The number of nitrogens with one attached hydrogen (secondary N) is 1. The normalized spacial score (nSPS) is 31.8. The van der Waals surface area contributed by atoms with Gasteiger partial charge in [-0.25, -0.2) is 12.8 Å². The average molecular weight is 386 g/mol. The molecule has 27 heavy (non-hydrogen) atoms. The van der Waals surface area contributed by atoms with Gasteiger partial charge in [-0.15, -0.1) is 0 Å². The Kier molecular flexibility index (Phi) is 3.87. The van der Waals surface area contributed by atoms with Crippen LogP contribution in [0.4, 0.5) is 10.1 Å². The average Bonchev–Trinajstić information content (AvgIpc) is 2.61. The molecule has 0 heterocycles. The Morgan fingerprint density at radius 3 is 1.96 bits per heavy atom. The number of hydrogen-bond donors (Lipinski definition) is 1. The molecule has 4 bridgehead atoms. The lowest BCUT2D eigenvalue weighted by Gasteiger charge is -2.57. The lowest BCUT2D eigenvalue weighted by molar-refractivity contribution is -0.00518. The van der Waals surface area contributed by atoms with Crippen LogP contribution >= 0.6 is 0 Å². The van der Waals surface area contributed by atoms with Gasteiger partial charge in [0.2, 0.25) is 0 Å². The topological polar surface area (TPSA) is 46.2 Å². The molecule has 4 fully saturated rings. The van der Waals surface area contributed by atoms with E-state index < -0.39 is 15.8 Å². The van der Waals surface area contributed by atoms with E-state index >= 15 is 0 Å². The first-order valence-electron chi connectivity index (χ1n) is 9.81. The van der Waals surface area contributed by atoms with Crippen LogP contribution in [0.5, 0.6) is 0 Å². The SMILES string of the molecule is O=S(=O)(Nc1ccc(C23CC4CC(CC(C4)C2)C3)cc1)c1ccccc1F. The van der Waals surface area contributed by atoms with Crippen molar-refractivity contribution in [3.8, 4) is 0 Å². The van der Waals surface area contributed by atoms with Crippen LogP contribution in [-0.4, -0.2) is 8.42 Å². The van der Waals surface area contributed by atoms with Gasteiger partial charge in [-0.05, 0) is 91.5 Å². The third kappa shape index (κ3) is 2.96. The van der Waals surface area contributed by atoms with Gasteiger partial charge in [0.05, 0.1) is 0 Å². The lowest BCUT2D eigenvalue weighted by atomic mass is 9.48. The molecule has 0 amide bonds. The molecule has 0 radical (unpaired) electrons. The molecule has 0 spiro atoms. The maximum absolute atomic E-state index is 13.9. The predicted octanol–water partition coefficient (Wildman–Crippen LogP) is 5.09. The monoisotopic (exact) mass is 385 g/mol. The van der Waals surface area contributed by atoms with E-state index in [4.69, 9.17) is 0 Å². The van der Waals surface area contributed by atoms with E-state index in [-0.39, 0.29) is 10.3 Å². The van der Waals surface area contributed by atoms with E-state index in [1.165, 1.54) is 62.3 Å². The molecule has 0 unspecified atom stereocenters. The molecular weight excluding hydrogens is 361 g/mol. The highest BCUT2D eigenvalue weighted by molar-refractivity contribution is 7.92. The number of hydrogen-bond acceptors (Lipinski definition) is 2. The Balaban J connectivity index is 1.39. The minimum atomic E-state index is -3.93. The van der Waals surface area contributed by atoms with Crippen LogP contribution < -0.4 is 4.72 Å². The molecule has 0 aromatic heterocycles. The van der Waals surface area contributed by atoms with E-state index in [2.05, 4.69) is 16.9 Å². The summed E-state index contributed by atoms with van der Waals surface area (Å²) in [6.45, 7) is 0. The molecule has 142 valence electrons. The molecule has 0 aliphatic heterocycles. The summed E-state index contributed by atoms with van der Waals surface area (Å²) in [5.41, 5.74) is 2.11. The van der Waals surface area contributed by atoms with Crippen LogP contribution in [0.1, 0.15) is 44.1 Å². The smallest absolute Gasteiger partial charge is 0.264 e. The fourth-order valence-corrected chi connectivity index (χ4v) is 7.37. The minimum Gasteiger partial charge on any atom is -0.280 e. The van der Waals surface area contributed by atoms with Gasteiger partial charge < -0.3 is 0 Å².